The van der Waals surface area contributed by atoms with E-state index in [9.17, 15) is 9.59 Å². The number of ketones is 1. The molecule has 0 saturated carbocycles. The highest BCUT2D eigenvalue weighted by molar-refractivity contribution is 6.74. The Kier molecular flexibility index (Phi) is 5.71. The normalized spacial score (nSPS) is 16.8. The molecule has 0 radical (unpaired) electrons. The Balaban J connectivity index is 2.01. The van der Waals surface area contributed by atoms with E-state index in [2.05, 4.69) is 33.9 Å². The summed E-state index contributed by atoms with van der Waals surface area (Å²) in [6.45, 7) is 12.7. The van der Waals surface area contributed by atoms with Crippen LogP contribution in [0.1, 0.15) is 33.3 Å². The molecular formula is C21H26O4Si. The van der Waals surface area contributed by atoms with Crippen LogP contribution in [0.3, 0.4) is 0 Å². The number of carbonyl (C=O) groups excluding carboxylic acids is 2. The molecule has 4 nitrogen and oxygen atoms in total. The second-order valence-electron chi connectivity index (χ2n) is 7.93. The highest BCUT2D eigenvalue weighted by Crippen LogP contribution is 2.37. The Morgan fingerprint density at radius 2 is 1.77 bits per heavy atom. The van der Waals surface area contributed by atoms with Gasteiger partial charge in [-0.25, -0.2) is 4.79 Å². The number of hydrogen-bond donors (Lipinski definition) is 0. The van der Waals surface area contributed by atoms with Crippen LogP contribution in [0.2, 0.25) is 18.1 Å². The van der Waals surface area contributed by atoms with Crippen LogP contribution in [0.4, 0.5) is 0 Å². The van der Waals surface area contributed by atoms with Crippen molar-refractivity contribution in [2.75, 3.05) is 0 Å². The summed E-state index contributed by atoms with van der Waals surface area (Å²) in [5, 5.41) is 0.141. The van der Waals surface area contributed by atoms with Gasteiger partial charge in [-0.05, 0) is 54.9 Å². The van der Waals surface area contributed by atoms with Gasteiger partial charge in [-0.3, -0.25) is 4.79 Å². The minimum atomic E-state index is -1.86. The van der Waals surface area contributed by atoms with E-state index in [1.165, 1.54) is 12.2 Å². The lowest BCUT2D eigenvalue weighted by Gasteiger charge is -2.36. The summed E-state index contributed by atoms with van der Waals surface area (Å²) in [7, 11) is -1.86. The monoisotopic (exact) mass is 370 g/mol. The van der Waals surface area contributed by atoms with E-state index in [0.29, 0.717) is 5.57 Å². The van der Waals surface area contributed by atoms with Crippen molar-refractivity contribution in [2.24, 2.45) is 0 Å². The van der Waals surface area contributed by atoms with Crippen LogP contribution in [-0.4, -0.2) is 20.1 Å². The number of allylic oxidation sites excluding steroid dienone is 3. The van der Waals surface area contributed by atoms with Gasteiger partial charge in [-0.15, -0.1) is 0 Å². The van der Waals surface area contributed by atoms with Gasteiger partial charge in [0.1, 0.15) is 11.5 Å². The third kappa shape index (κ3) is 5.05. The highest BCUT2D eigenvalue weighted by Gasteiger charge is 2.38. The maximum atomic E-state index is 11.9. The minimum Gasteiger partial charge on any atom is -0.544 e. The molecule has 138 valence electrons. The zero-order valence-electron chi connectivity index (χ0n) is 16.3. The molecule has 0 atom stereocenters. The molecule has 1 aliphatic heterocycles. The van der Waals surface area contributed by atoms with Crippen molar-refractivity contribution in [1.29, 1.82) is 0 Å². The molecule has 0 spiro atoms. The highest BCUT2D eigenvalue weighted by atomic mass is 28.4. The molecule has 26 heavy (non-hydrogen) atoms. The number of cyclic esters (lactones) is 1. The van der Waals surface area contributed by atoms with Gasteiger partial charge >= 0.3 is 5.97 Å². The van der Waals surface area contributed by atoms with Gasteiger partial charge in [0, 0.05) is 11.6 Å². The van der Waals surface area contributed by atoms with Gasteiger partial charge in [0.05, 0.1) is 0 Å². The van der Waals surface area contributed by atoms with Crippen molar-refractivity contribution < 1.29 is 18.8 Å². The van der Waals surface area contributed by atoms with Gasteiger partial charge < -0.3 is 9.16 Å². The van der Waals surface area contributed by atoms with Gasteiger partial charge in [-0.2, -0.15) is 0 Å². The molecule has 0 fully saturated rings. The van der Waals surface area contributed by atoms with Crippen LogP contribution in [-0.2, 0) is 14.3 Å². The summed E-state index contributed by atoms with van der Waals surface area (Å²) < 4.78 is 11.2. The molecule has 0 N–H and O–H groups in total. The summed E-state index contributed by atoms with van der Waals surface area (Å²) >= 11 is 0. The van der Waals surface area contributed by atoms with Crippen LogP contribution in [0, 0.1) is 0 Å². The number of carbonyl (C=O) groups is 2. The van der Waals surface area contributed by atoms with Gasteiger partial charge in [0.2, 0.25) is 8.32 Å². The molecule has 0 amide bonds. The van der Waals surface area contributed by atoms with E-state index < -0.39 is 14.3 Å². The summed E-state index contributed by atoms with van der Waals surface area (Å²) in [5.74, 6) is 0.478. The quantitative estimate of drug-likeness (QED) is 0.414. The molecule has 5 heteroatoms. The Morgan fingerprint density at radius 3 is 2.27 bits per heavy atom. The van der Waals surface area contributed by atoms with Crippen molar-refractivity contribution in [3.63, 3.8) is 0 Å². The van der Waals surface area contributed by atoms with Crippen molar-refractivity contribution in [1.82, 2.24) is 0 Å². The Labute approximate surface area is 156 Å². The zero-order chi connectivity index (χ0) is 19.5. The van der Waals surface area contributed by atoms with E-state index >= 15 is 0 Å². The average Bonchev–Trinajstić information content (AvgIpc) is 2.83. The number of ether oxygens (including phenoxy) is 1. The fraction of sp³-hybridized carbons (Fsp3) is 0.333. The van der Waals surface area contributed by atoms with Crippen LogP contribution in [0.15, 0.2) is 53.8 Å². The molecule has 0 bridgehead atoms. The topological polar surface area (TPSA) is 52.6 Å². The summed E-state index contributed by atoms with van der Waals surface area (Å²) in [5.41, 5.74) is 1.39. The number of rotatable bonds is 5. The molecule has 1 aromatic carbocycles. The van der Waals surface area contributed by atoms with E-state index in [1.54, 1.807) is 19.1 Å². The maximum Gasteiger partial charge on any atom is 0.339 e. The summed E-state index contributed by atoms with van der Waals surface area (Å²) in [6.07, 6.45) is 6.04. The van der Waals surface area contributed by atoms with Crippen molar-refractivity contribution in [2.45, 2.75) is 45.8 Å². The lowest BCUT2D eigenvalue weighted by molar-refractivity contribution is -0.133. The Bertz CT molecular complexity index is 790. The fourth-order valence-corrected chi connectivity index (χ4v) is 3.05. The maximum absolute atomic E-state index is 11.9. The first-order valence-corrected chi connectivity index (χ1v) is 11.5. The van der Waals surface area contributed by atoms with Gasteiger partial charge in [-0.1, -0.05) is 39.0 Å². The second-order valence-corrected chi connectivity index (χ2v) is 12.7. The number of benzene rings is 1. The Morgan fingerprint density at radius 1 is 1.15 bits per heavy atom. The molecule has 0 aliphatic carbocycles. The van der Waals surface area contributed by atoms with Crippen molar-refractivity contribution in [3.05, 3.63) is 59.4 Å². The van der Waals surface area contributed by atoms with E-state index in [-0.39, 0.29) is 16.6 Å². The predicted octanol–water partition coefficient (Wildman–Crippen LogP) is 5.04. The van der Waals surface area contributed by atoms with E-state index in [1.807, 2.05) is 24.3 Å². The van der Waals surface area contributed by atoms with Crippen molar-refractivity contribution in [3.8, 4) is 5.75 Å². The van der Waals surface area contributed by atoms with Crippen LogP contribution < -0.4 is 4.43 Å². The van der Waals surface area contributed by atoms with Gasteiger partial charge in [0.15, 0.2) is 5.78 Å². The lowest BCUT2D eigenvalue weighted by Crippen LogP contribution is -2.43. The minimum absolute atomic E-state index is 0.141. The smallest absolute Gasteiger partial charge is 0.339 e. The van der Waals surface area contributed by atoms with Gasteiger partial charge in [0.25, 0.3) is 0 Å². The predicted molar refractivity (Wildman–Crippen MR) is 106 cm³/mol. The fourth-order valence-electron chi connectivity index (χ4n) is 2.02. The molecular weight excluding hydrogens is 344 g/mol. The molecule has 2 rings (SSSR count). The van der Waals surface area contributed by atoms with Crippen LogP contribution in [0.5, 0.6) is 5.75 Å². The Hall–Kier alpha value is -2.40. The molecule has 1 aliphatic rings. The van der Waals surface area contributed by atoms with Crippen LogP contribution >= 0.6 is 0 Å². The zero-order valence-corrected chi connectivity index (χ0v) is 17.3. The SMILES string of the molecule is CC1=C/C(=C\C(=O)/C=C/c2ccc(O[Si](C)(C)C(C)(C)C)cc2)OC1=O. The number of hydrogen-bond acceptors (Lipinski definition) is 4. The second kappa shape index (κ2) is 7.46. The van der Waals surface area contributed by atoms with E-state index in [4.69, 9.17) is 9.16 Å². The summed E-state index contributed by atoms with van der Waals surface area (Å²) in [6, 6.07) is 7.68. The van der Waals surface area contributed by atoms with E-state index in [0.717, 1.165) is 11.3 Å². The van der Waals surface area contributed by atoms with Crippen LogP contribution in [0.25, 0.3) is 6.08 Å². The number of esters is 1. The molecule has 0 saturated heterocycles. The third-order valence-corrected chi connectivity index (χ3v) is 9.03. The summed E-state index contributed by atoms with van der Waals surface area (Å²) in [4.78, 5) is 23.2. The van der Waals surface area contributed by atoms with Crippen molar-refractivity contribution >= 4 is 26.1 Å². The molecule has 1 heterocycles. The largest absolute Gasteiger partial charge is 0.544 e. The average molecular weight is 371 g/mol. The molecule has 0 aromatic heterocycles. The third-order valence-electron chi connectivity index (χ3n) is 4.68. The first kappa shape index (κ1) is 19.9. The lowest BCUT2D eigenvalue weighted by atomic mass is 10.2. The first-order valence-electron chi connectivity index (χ1n) is 8.61. The first-order chi connectivity index (χ1) is 12.0. The molecule has 1 aromatic rings. The molecule has 0 unspecified atom stereocenters. The standard InChI is InChI=1S/C21H26O4Si/c1-15-13-19(24-20(15)23)14-17(22)10-7-16-8-11-18(12-9-16)25-26(5,6)21(2,3)4/h7-14H,1-6H3/b10-7+,19-14+.